The molecule has 5 rings (SSSR count). The Morgan fingerprint density at radius 2 is 1.73 bits per heavy atom. The summed E-state index contributed by atoms with van der Waals surface area (Å²) in [7, 11) is 0. The number of nitrogens with zero attached hydrogens (tertiary/aromatic N) is 3. The molecule has 2 saturated heterocycles. The first-order valence-corrected chi connectivity index (χ1v) is 12.8. The quantitative estimate of drug-likeness (QED) is 0.734. The SMILES string of the molecule is CC(=O)N1CCC(N2CC3CC(C2)c2ccc(NC(=O)NC4CCCCC4)c(=O)n2C3)CC1. The Morgan fingerprint density at radius 3 is 2.45 bits per heavy atom. The molecule has 8 heteroatoms. The number of likely N-dealkylation sites (tertiary alicyclic amines) is 2. The lowest BCUT2D eigenvalue weighted by molar-refractivity contribution is -0.130. The number of hydrogen-bond acceptors (Lipinski definition) is 4. The molecule has 2 bridgehead atoms. The average molecular weight is 456 g/mol. The van der Waals surface area contributed by atoms with Gasteiger partial charge in [0.2, 0.25) is 5.91 Å². The van der Waals surface area contributed by atoms with Crippen molar-refractivity contribution in [2.75, 3.05) is 31.5 Å². The van der Waals surface area contributed by atoms with Gasteiger partial charge in [-0.3, -0.25) is 14.5 Å². The fraction of sp³-hybridized carbons (Fsp3) is 0.720. The van der Waals surface area contributed by atoms with E-state index in [1.807, 2.05) is 15.5 Å². The van der Waals surface area contributed by atoms with Gasteiger partial charge in [0.05, 0.1) is 0 Å². The summed E-state index contributed by atoms with van der Waals surface area (Å²) in [6.45, 7) is 6.04. The van der Waals surface area contributed by atoms with Crippen molar-refractivity contribution in [1.29, 1.82) is 0 Å². The number of carbonyl (C=O) groups is 2. The van der Waals surface area contributed by atoms with Gasteiger partial charge in [-0.2, -0.15) is 0 Å². The molecule has 0 radical (unpaired) electrons. The summed E-state index contributed by atoms with van der Waals surface area (Å²) in [6, 6.07) is 4.30. The van der Waals surface area contributed by atoms with E-state index in [4.69, 9.17) is 0 Å². The van der Waals surface area contributed by atoms with Gasteiger partial charge in [0.15, 0.2) is 0 Å². The average Bonchev–Trinajstić information content (AvgIpc) is 2.82. The molecule has 33 heavy (non-hydrogen) atoms. The number of hydrogen-bond donors (Lipinski definition) is 2. The number of nitrogens with one attached hydrogen (secondary N) is 2. The van der Waals surface area contributed by atoms with Crippen LogP contribution in [0.3, 0.4) is 0 Å². The Balaban J connectivity index is 1.24. The largest absolute Gasteiger partial charge is 0.343 e. The predicted molar refractivity (Wildman–Crippen MR) is 127 cm³/mol. The van der Waals surface area contributed by atoms with Crippen molar-refractivity contribution < 1.29 is 9.59 Å². The van der Waals surface area contributed by atoms with Crippen molar-refractivity contribution in [3.05, 3.63) is 28.2 Å². The summed E-state index contributed by atoms with van der Waals surface area (Å²) >= 11 is 0. The van der Waals surface area contributed by atoms with E-state index in [0.717, 1.165) is 76.8 Å². The highest BCUT2D eigenvalue weighted by molar-refractivity contribution is 5.89. The summed E-state index contributed by atoms with van der Waals surface area (Å²) in [5.41, 5.74) is 1.39. The summed E-state index contributed by atoms with van der Waals surface area (Å²) in [6.07, 6.45) is 8.77. The van der Waals surface area contributed by atoms with E-state index < -0.39 is 0 Å². The second-order valence-electron chi connectivity index (χ2n) is 10.5. The van der Waals surface area contributed by atoms with Gasteiger partial charge in [-0.1, -0.05) is 19.3 Å². The zero-order valence-electron chi connectivity index (χ0n) is 19.7. The Bertz CT molecular complexity index is 946. The third-order valence-corrected chi connectivity index (χ3v) is 8.25. The Hall–Kier alpha value is -2.35. The van der Waals surface area contributed by atoms with E-state index in [2.05, 4.69) is 15.5 Å². The Labute approximate surface area is 195 Å². The zero-order chi connectivity index (χ0) is 22.9. The second-order valence-corrected chi connectivity index (χ2v) is 10.5. The van der Waals surface area contributed by atoms with Gasteiger partial charge in [0.1, 0.15) is 5.69 Å². The van der Waals surface area contributed by atoms with Crippen LogP contribution in [0.1, 0.15) is 69.9 Å². The minimum Gasteiger partial charge on any atom is -0.343 e. The third kappa shape index (κ3) is 4.81. The van der Waals surface area contributed by atoms with Crippen LogP contribution in [0, 0.1) is 5.92 Å². The molecule has 3 amide bonds. The third-order valence-electron chi connectivity index (χ3n) is 8.25. The van der Waals surface area contributed by atoms with Crippen molar-refractivity contribution in [3.63, 3.8) is 0 Å². The minimum absolute atomic E-state index is 0.0794. The standard InChI is InChI=1S/C25H37N5O3/c1-17(31)28-11-9-21(10-12-28)29-14-18-13-19(16-29)23-8-7-22(24(32)30(23)15-18)27-25(33)26-20-5-3-2-4-6-20/h7-8,18-21H,2-6,9-16H2,1H3,(H2,26,27,33). The molecule has 2 unspecified atom stereocenters. The molecular formula is C25H37N5O3. The highest BCUT2D eigenvalue weighted by Crippen LogP contribution is 2.37. The molecule has 4 aliphatic rings. The van der Waals surface area contributed by atoms with Gasteiger partial charge in [0, 0.05) is 63.3 Å². The lowest BCUT2D eigenvalue weighted by atomic mass is 9.82. The van der Waals surface area contributed by atoms with Crippen molar-refractivity contribution in [2.24, 2.45) is 5.92 Å². The Morgan fingerprint density at radius 1 is 0.970 bits per heavy atom. The number of fused-ring (bicyclic) bond motifs is 4. The van der Waals surface area contributed by atoms with Crippen LogP contribution < -0.4 is 16.2 Å². The fourth-order valence-corrected chi connectivity index (χ4v) is 6.51. The van der Waals surface area contributed by atoms with Crippen LogP contribution in [0.5, 0.6) is 0 Å². The maximum Gasteiger partial charge on any atom is 0.319 e. The molecule has 2 atom stereocenters. The van der Waals surface area contributed by atoms with Crippen LogP contribution in [-0.4, -0.2) is 64.6 Å². The van der Waals surface area contributed by atoms with Crippen LogP contribution in [0.4, 0.5) is 10.5 Å². The van der Waals surface area contributed by atoms with Crippen LogP contribution >= 0.6 is 0 Å². The first-order valence-electron chi connectivity index (χ1n) is 12.8. The number of carbonyl (C=O) groups excluding carboxylic acids is 2. The number of rotatable bonds is 3. The highest BCUT2D eigenvalue weighted by Gasteiger charge is 2.38. The molecule has 2 N–H and O–H groups in total. The monoisotopic (exact) mass is 455 g/mol. The molecule has 4 heterocycles. The van der Waals surface area contributed by atoms with Gasteiger partial charge in [-0.15, -0.1) is 0 Å². The van der Waals surface area contributed by atoms with Gasteiger partial charge >= 0.3 is 6.03 Å². The lowest BCUT2D eigenvalue weighted by Gasteiger charge is -2.47. The molecule has 0 spiro atoms. The number of amides is 3. The summed E-state index contributed by atoms with van der Waals surface area (Å²) in [5.74, 6) is 0.973. The molecule has 1 saturated carbocycles. The van der Waals surface area contributed by atoms with Crippen molar-refractivity contribution in [3.8, 4) is 0 Å². The molecule has 8 nitrogen and oxygen atoms in total. The maximum absolute atomic E-state index is 13.2. The van der Waals surface area contributed by atoms with Crippen molar-refractivity contribution in [1.82, 2.24) is 19.7 Å². The minimum atomic E-state index is -0.265. The van der Waals surface area contributed by atoms with Crippen molar-refractivity contribution >= 4 is 17.6 Å². The van der Waals surface area contributed by atoms with Crippen LogP contribution in [0.15, 0.2) is 16.9 Å². The van der Waals surface area contributed by atoms with Gasteiger partial charge in [-0.25, -0.2) is 4.79 Å². The zero-order valence-corrected chi connectivity index (χ0v) is 19.7. The highest BCUT2D eigenvalue weighted by atomic mass is 16.2. The number of urea groups is 1. The van der Waals surface area contributed by atoms with E-state index in [1.165, 1.54) is 6.42 Å². The summed E-state index contributed by atoms with van der Waals surface area (Å²) in [4.78, 5) is 41.9. The number of anilines is 1. The van der Waals surface area contributed by atoms with Crippen LogP contribution in [0.2, 0.25) is 0 Å². The predicted octanol–water partition coefficient (Wildman–Crippen LogP) is 2.73. The number of piperidine rings is 2. The van der Waals surface area contributed by atoms with E-state index in [1.54, 1.807) is 13.0 Å². The molecule has 1 aromatic rings. The van der Waals surface area contributed by atoms with Crippen molar-refractivity contribution in [2.45, 2.75) is 82.8 Å². The number of pyridine rings is 1. The molecular weight excluding hydrogens is 418 g/mol. The van der Waals surface area contributed by atoms with Crippen LogP contribution in [-0.2, 0) is 11.3 Å². The fourth-order valence-electron chi connectivity index (χ4n) is 6.51. The smallest absolute Gasteiger partial charge is 0.319 e. The van der Waals surface area contributed by atoms with Gasteiger partial charge < -0.3 is 20.1 Å². The lowest BCUT2D eigenvalue weighted by Crippen LogP contribution is -2.53. The topological polar surface area (TPSA) is 86.7 Å². The van der Waals surface area contributed by atoms with Gasteiger partial charge in [-0.05, 0) is 50.2 Å². The second kappa shape index (κ2) is 9.49. The van der Waals surface area contributed by atoms with E-state index in [-0.39, 0.29) is 23.5 Å². The maximum atomic E-state index is 13.2. The first-order chi connectivity index (χ1) is 16.0. The summed E-state index contributed by atoms with van der Waals surface area (Å²) < 4.78 is 1.91. The molecule has 0 aromatic carbocycles. The van der Waals surface area contributed by atoms with Gasteiger partial charge in [0.25, 0.3) is 5.56 Å². The van der Waals surface area contributed by atoms with Crippen LogP contribution in [0.25, 0.3) is 0 Å². The molecule has 180 valence electrons. The molecule has 3 aliphatic heterocycles. The summed E-state index contributed by atoms with van der Waals surface area (Å²) in [5, 5.41) is 5.86. The van der Waals surface area contributed by atoms with E-state index in [9.17, 15) is 14.4 Å². The molecule has 1 aromatic heterocycles. The van der Waals surface area contributed by atoms with E-state index >= 15 is 0 Å². The first kappa shape index (κ1) is 22.4. The molecule has 3 fully saturated rings. The number of aromatic nitrogens is 1. The Kier molecular flexibility index (Phi) is 6.45. The normalized spacial score (nSPS) is 26.5. The van der Waals surface area contributed by atoms with E-state index in [0.29, 0.717) is 30.1 Å². The molecule has 1 aliphatic carbocycles.